The second-order valence-corrected chi connectivity index (χ2v) is 5.55. The van der Waals surface area contributed by atoms with Crippen molar-refractivity contribution in [2.75, 3.05) is 0 Å². The number of alkyl carbamates (subject to hydrolysis) is 1. The number of aromatic hydroxyl groups is 1. The minimum Gasteiger partial charge on any atom is -0.508 e. The van der Waals surface area contributed by atoms with Crippen molar-refractivity contribution in [3.05, 3.63) is 64.1 Å². The van der Waals surface area contributed by atoms with Crippen LogP contribution in [0.1, 0.15) is 24.1 Å². The molecule has 0 saturated heterocycles. The normalized spacial score (nSPS) is 11.7. The molecule has 5 heteroatoms. The van der Waals surface area contributed by atoms with Gasteiger partial charge in [-0.05, 0) is 24.6 Å². The summed E-state index contributed by atoms with van der Waals surface area (Å²) in [6.07, 6.45) is -0.520. The highest BCUT2D eigenvalue weighted by Gasteiger charge is 2.14. The zero-order chi connectivity index (χ0) is 15.2. The lowest BCUT2D eigenvalue weighted by atomic mass is 10.1. The fourth-order valence-electron chi connectivity index (χ4n) is 1.90. The van der Waals surface area contributed by atoms with Crippen LogP contribution in [0.4, 0.5) is 4.79 Å². The highest BCUT2D eigenvalue weighted by molar-refractivity contribution is 9.10. The van der Waals surface area contributed by atoms with Gasteiger partial charge in [-0.15, -0.1) is 0 Å². The van der Waals surface area contributed by atoms with Crippen molar-refractivity contribution in [3.63, 3.8) is 0 Å². The van der Waals surface area contributed by atoms with E-state index in [0.29, 0.717) is 5.56 Å². The van der Waals surface area contributed by atoms with E-state index in [1.807, 2.05) is 36.4 Å². The first-order chi connectivity index (χ1) is 10.1. The molecule has 0 saturated carbocycles. The standard InChI is InChI=1S/C16H16BrNO3/c1-11(14-8-7-13(17)9-15(14)19)18-16(20)21-10-12-5-3-2-4-6-12/h2-9,11,19H,10H2,1H3,(H,18,20)/t11-/m0/s1. The lowest BCUT2D eigenvalue weighted by Crippen LogP contribution is -2.27. The number of hydrogen-bond donors (Lipinski definition) is 2. The molecule has 0 aliphatic heterocycles. The van der Waals surface area contributed by atoms with Crippen LogP contribution in [0.2, 0.25) is 0 Å². The fraction of sp³-hybridized carbons (Fsp3) is 0.188. The summed E-state index contributed by atoms with van der Waals surface area (Å²) in [4.78, 5) is 11.8. The topological polar surface area (TPSA) is 58.6 Å². The highest BCUT2D eigenvalue weighted by atomic mass is 79.9. The van der Waals surface area contributed by atoms with Crippen molar-refractivity contribution in [1.82, 2.24) is 5.32 Å². The highest BCUT2D eigenvalue weighted by Crippen LogP contribution is 2.27. The molecule has 0 aliphatic rings. The number of phenols is 1. The van der Waals surface area contributed by atoms with Gasteiger partial charge >= 0.3 is 6.09 Å². The van der Waals surface area contributed by atoms with Gasteiger partial charge in [-0.3, -0.25) is 0 Å². The van der Waals surface area contributed by atoms with E-state index >= 15 is 0 Å². The zero-order valence-electron chi connectivity index (χ0n) is 11.5. The van der Waals surface area contributed by atoms with Crippen molar-refractivity contribution < 1.29 is 14.6 Å². The third-order valence-electron chi connectivity index (χ3n) is 3.01. The van der Waals surface area contributed by atoms with E-state index in [0.717, 1.165) is 10.0 Å². The number of rotatable bonds is 4. The third kappa shape index (κ3) is 4.49. The summed E-state index contributed by atoms with van der Waals surface area (Å²) in [6, 6.07) is 14.3. The molecule has 0 unspecified atom stereocenters. The summed E-state index contributed by atoms with van der Waals surface area (Å²) in [7, 11) is 0. The van der Waals surface area contributed by atoms with Crippen molar-refractivity contribution in [2.24, 2.45) is 0 Å². The van der Waals surface area contributed by atoms with Crippen molar-refractivity contribution in [3.8, 4) is 5.75 Å². The summed E-state index contributed by atoms with van der Waals surface area (Å²) in [5.74, 6) is 0.125. The molecule has 0 fully saturated rings. The smallest absolute Gasteiger partial charge is 0.407 e. The molecule has 2 rings (SSSR count). The van der Waals surface area contributed by atoms with E-state index in [1.165, 1.54) is 0 Å². The van der Waals surface area contributed by atoms with Crippen molar-refractivity contribution in [2.45, 2.75) is 19.6 Å². The Hall–Kier alpha value is -2.01. The van der Waals surface area contributed by atoms with Crippen LogP contribution in [0, 0.1) is 0 Å². The Morgan fingerprint density at radius 1 is 1.29 bits per heavy atom. The minimum absolute atomic E-state index is 0.125. The van der Waals surface area contributed by atoms with Crippen LogP contribution in [0.25, 0.3) is 0 Å². The Morgan fingerprint density at radius 2 is 2.00 bits per heavy atom. The van der Waals surface area contributed by atoms with Crippen LogP contribution in [0.5, 0.6) is 5.75 Å². The molecule has 0 spiro atoms. The summed E-state index contributed by atoms with van der Waals surface area (Å²) < 4.78 is 5.92. The molecule has 1 amide bonds. The van der Waals surface area contributed by atoms with E-state index < -0.39 is 6.09 Å². The summed E-state index contributed by atoms with van der Waals surface area (Å²) >= 11 is 3.27. The minimum atomic E-state index is -0.520. The maximum atomic E-state index is 11.8. The molecular formula is C16H16BrNO3. The SMILES string of the molecule is C[C@H](NC(=O)OCc1ccccc1)c1ccc(Br)cc1O. The molecule has 0 bridgehead atoms. The zero-order valence-corrected chi connectivity index (χ0v) is 13.1. The van der Waals surface area contributed by atoms with Crippen LogP contribution in [0.3, 0.4) is 0 Å². The van der Waals surface area contributed by atoms with Gasteiger partial charge in [0.15, 0.2) is 0 Å². The lowest BCUT2D eigenvalue weighted by Gasteiger charge is -2.15. The predicted molar refractivity (Wildman–Crippen MR) is 84.0 cm³/mol. The largest absolute Gasteiger partial charge is 0.508 e. The Kier molecular flexibility index (Phi) is 5.22. The van der Waals surface area contributed by atoms with Gasteiger partial charge < -0.3 is 15.2 Å². The number of hydrogen-bond acceptors (Lipinski definition) is 3. The van der Waals surface area contributed by atoms with Gasteiger partial charge in [0.05, 0.1) is 6.04 Å². The Morgan fingerprint density at radius 3 is 2.67 bits per heavy atom. The Bertz CT molecular complexity index is 616. The van der Waals surface area contributed by atoms with Gasteiger partial charge in [0.1, 0.15) is 12.4 Å². The first-order valence-electron chi connectivity index (χ1n) is 6.52. The molecule has 2 N–H and O–H groups in total. The number of ether oxygens (including phenoxy) is 1. The Balaban J connectivity index is 1.90. The first kappa shape index (κ1) is 15.4. The van der Waals surface area contributed by atoms with E-state index in [9.17, 15) is 9.90 Å². The summed E-state index contributed by atoms with van der Waals surface area (Å²) in [6.45, 7) is 2.00. The van der Waals surface area contributed by atoms with Gasteiger partial charge in [0.2, 0.25) is 0 Å². The quantitative estimate of drug-likeness (QED) is 0.871. The van der Waals surface area contributed by atoms with Crippen LogP contribution in [-0.4, -0.2) is 11.2 Å². The first-order valence-corrected chi connectivity index (χ1v) is 7.31. The number of phenolic OH excluding ortho intramolecular Hbond substituents is 1. The second-order valence-electron chi connectivity index (χ2n) is 4.63. The lowest BCUT2D eigenvalue weighted by molar-refractivity contribution is 0.136. The fourth-order valence-corrected chi connectivity index (χ4v) is 2.25. The molecule has 0 heterocycles. The van der Waals surface area contributed by atoms with Crippen molar-refractivity contribution >= 4 is 22.0 Å². The number of halogens is 1. The van der Waals surface area contributed by atoms with E-state index in [2.05, 4.69) is 21.2 Å². The molecule has 0 aromatic heterocycles. The number of nitrogens with one attached hydrogen (secondary N) is 1. The van der Waals surface area contributed by atoms with Gasteiger partial charge in [0.25, 0.3) is 0 Å². The number of amides is 1. The van der Waals surface area contributed by atoms with Gasteiger partial charge in [-0.1, -0.05) is 52.3 Å². The van der Waals surface area contributed by atoms with Gasteiger partial charge in [-0.25, -0.2) is 4.79 Å². The molecule has 2 aromatic rings. The predicted octanol–water partition coefficient (Wildman–Crippen LogP) is 4.14. The average molecular weight is 350 g/mol. The summed E-state index contributed by atoms with van der Waals surface area (Å²) in [5.41, 5.74) is 1.56. The molecule has 21 heavy (non-hydrogen) atoms. The maximum absolute atomic E-state index is 11.8. The number of carbonyl (C=O) groups is 1. The van der Waals surface area contributed by atoms with E-state index in [4.69, 9.17) is 4.74 Å². The average Bonchev–Trinajstić information content (AvgIpc) is 2.46. The van der Waals surface area contributed by atoms with Crippen LogP contribution in [0.15, 0.2) is 53.0 Å². The molecule has 2 aromatic carbocycles. The Labute approximate surface area is 131 Å². The molecule has 4 nitrogen and oxygen atoms in total. The van der Waals surface area contributed by atoms with Crippen LogP contribution in [-0.2, 0) is 11.3 Å². The van der Waals surface area contributed by atoms with E-state index in [-0.39, 0.29) is 18.4 Å². The molecule has 0 aliphatic carbocycles. The van der Waals surface area contributed by atoms with Crippen molar-refractivity contribution in [1.29, 1.82) is 0 Å². The monoisotopic (exact) mass is 349 g/mol. The maximum Gasteiger partial charge on any atom is 0.407 e. The molecule has 0 radical (unpaired) electrons. The molecular weight excluding hydrogens is 334 g/mol. The van der Waals surface area contributed by atoms with Gasteiger partial charge in [-0.2, -0.15) is 0 Å². The number of carbonyl (C=O) groups excluding carboxylic acids is 1. The van der Waals surface area contributed by atoms with Gasteiger partial charge in [0, 0.05) is 10.0 Å². The van der Waals surface area contributed by atoms with Crippen LogP contribution < -0.4 is 5.32 Å². The number of benzene rings is 2. The molecule has 110 valence electrons. The second kappa shape index (κ2) is 7.13. The third-order valence-corrected chi connectivity index (χ3v) is 3.50. The van der Waals surface area contributed by atoms with Crippen LogP contribution >= 0.6 is 15.9 Å². The van der Waals surface area contributed by atoms with E-state index in [1.54, 1.807) is 19.1 Å². The summed E-state index contributed by atoms with van der Waals surface area (Å²) in [5, 5.41) is 12.6. The molecule has 1 atom stereocenters.